The van der Waals surface area contributed by atoms with Gasteiger partial charge in [-0.3, -0.25) is 4.79 Å². The molecule has 0 saturated heterocycles. The van der Waals surface area contributed by atoms with Crippen LogP contribution in [-0.2, 0) is 6.54 Å². The van der Waals surface area contributed by atoms with E-state index in [1.54, 1.807) is 12.4 Å². The molecule has 0 spiro atoms. The summed E-state index contributed by atoms with van der Waals surface area (Å²) in [5.74, 6) is 0.369. The number of carbonyl (C=O) groups excluding carboxylic acids is 1. The molecule has 0 radical (unpaired) electrons. The molecular formula is C11H10Cl2N4O. The first-order chi connectivity index (χ1) is 8.58. The number of halogens is 2. The van der Waals surface area contributed by atoms with Gasteiger partial charge in [0.05, 0.1) is 22.3 Å². The van der Waals surface area contributed by atoms with Crippen molar-refractivity contribution in [2.24, 2.45) is 0 Å². The van der Waals surface area contributed by atoms with Crippen molar-refractivity contribution >= 4 is 34.8 Å². The topological polar surface area (TPSA) is 83.8 Å². The minimum Gasteiger partial charge on any atom is -0.397 e. The van der Waals surface area contributed by atoms with Crippen LogP contribution in [0.3, 0.4) is 0 Å². The summed E-state index contributed by atoms with van der Waals surface area (Å²) in [7, 11) is 0. The van der Waals surface area contributed by atoms with Crippen molar-refractivity contribution in [1.82, 2.24) is 15.3 Å². The molecule has 0 unspecified atom stereocenters. The quantitative estimate of drug-likeness (QED) is 0.756. The molecule has 0 fully saturated rings. The normalized spacial score (nSPS) is 10.3. The number of hydrogen-bond acceptors (Lipinski definition) is 3. The molecule has 0 aliphatic heterocycles. The van der Waals surface area contributed by atoms with Crippen LogP contribution in [-0.4, -0.2) is 15.9 Å². The van der Waals surface area contributed by atoms with Gasteiger partial charge in [0.25, 0.3) is 5.91 Å². The van der Waals surface area contributed by atoms with E-state index >= 15 is 0 Å². The second-order valence-electron chi connectivity index (χ2n) is 3.58. The third kappa shape index (κ3) is 2.75. The lowest BCUT2D eigenvalue weighted by molar-refractivity contribution is 0.0950. The highest BCUT2D eigenvalue weighted by Crippen LogP contribution is 2.29. The Labute approximate surface area is 113 Å². The highest BCUT2D eigenvalue weighted by molar-refractivity contribution is 6.43. The van der Waals surface area contributed by atoms with Gasteiger partial charge in [0.1, 0.15) is 5.82 Å². The zero-order valence-electron chi connectivity index (χ0n) is 9.21. The molecule has 0 bridgehead atoms. The van der Waals surface area contributed by atoms with E-state index in [1.165, 1.54) is 12.1 Å². The van der Waals surface area contributed by atoms with Crippen LogP contribution in [0.5, 0.6) is 0 Å². The summed E-state index contributed by atoms with van der Waals surface area (Å²) in [5.41, 5.74) is 6.26. The lowest BCUT2D eigenvalue weighted by atomic mass is 10.2. The Kier molecular flexibility index (Phi) is 3.74. The predicted molar refractivity (Wildman–Crippen MR) is 70.6 cm³/mol. The summed E-state index contributed by atoms with van der Waals surface area (Å²) < 4.78 is 0. The first-order valence-electron chi connectivity index (χ1n) is 5.09. The number of nitrogen functional groups attached to an aromatic ring is 1. The summed E-state index contributed by atoms with van der Waals surface area (Å²) in [6.45, 7) is 0.298. The summed E-state index contributed by atoms with van der Waals surface area (Å²) in [6, 6.07) is 2.95. The van der Waals surface area contributed by atoms with Crippen LogP contribution in [0.1, 0.15) is 16.2 Å². The van der Waals surface area contributed by atoms with Crippen LogP contribution in [0, 0.1) is 0 Å². The second kappa shape index (κ2) is 5.29. The molecule has 0 aliphatic carbocycles. The number of rotatable bonds is 3. The number of nitrogens with one attached hydrogen (secondary N) is 2. The second-order valence-corrected chi connectivity index (χ2v) is 4.36. The van der Waals surface area contributed by atoms with Crippen LogP contribution >= 0.6 is 23.2 Å². The number of hydrogen-bond donors (Lipinski definition) is 3. The van der Waals surface area contributed by atoms with Crippen LogP contribution in [0.4, 0.5) is 5.69 Å². The van der Waals surface area contributed by atoms with E-state index in [-0.39, 0.29) is 21.6 Å². The number of aromatic amines is 1. The van der Waals surface area contributed by atoms with Crippen molar-refractivity contribution < 1.29 is 4.79 Å². The Bertz CT molecular complexity index is 545. The van der Waals surface area contributed by atoms with Crippen molar-refractivity contribution in [3.05, 3.63) is 46.0 Å². The number of imidazole rings is 1. The Morgan fingerprint density at radius 2 is 2.22 bits per heavy atom. The van der Waals surface area contributed by atoms with Gasteiger partial charge in [0, 0.05) is 18.0 Å². The third-order valence-corrected chi connectivity index (χ3v) is 3.11. The van der Waals surface area contributed by atoms with E-state index in [4.69, 9.17) is 28.9 Å². The smallest absolute Gasteiger partial charge is 0.251 e. The highest BCUT2D eigenvalue weighted by atomic mass is 35.5. The van der Waals surface area contributed by atoms with Gasteiger partial charge in [-0.1, -0.05) is 23.2 Å². The SMILES string of the molecule is Nc1cc(C(=O)NCc2ncc[nH]2)cc(Cl)c1Cl. The summed E-state index contributed by atoms with van der Waals surface area (Å²) in [4.78, 5) is 18.7. The molecule has 4 N–H and O–H groups in total. The minimum absolute atomic E-state index is 0.249. The number of nitrogens with zero attached hydrogens (tertiary/aromatic N) is 1. The van der Waals surface area contributed by atoms with Crippen LogP contribution in [0.25, 0.3) is 0 Å². The Hall–Kier alpha value is -1.72. The highest BCUT2D eigenvalue weighted by Gasteiger charge is 2.11. The van der Waals surface area contributed by atoms with Crippen LogP contribution in [0.15, 0.2) is 24.5 Å². The largest absolute Gasteiger partial charge is 0.397 e. The number of carbonyl (C=O) groups is 1. The Balaban J connectivity index is 2.09. The number of amides is 1. The van der Waals surface area contributed by atoms with Gasteiger partial charge in [0.15, 0.2) is 0 Å². The summed E-state index contributed by atoms with van der Waals surface area (Å²) in [5, 5.41) is 3.18. The first-order valence-corrected chi connectivity index (χ1v) is 5.84. The number of benzene rings is 1. The maximum absolute atomic E-state index is 11.8. The molecule has 2 rings (SSSR count). The minimum atomic E-state index is -0.295. The Morgan fingerprint density at radius 3 is 2.83 bits per heavy atom. The molecule has 5 nitrogen and oxygen atoms in total. The van der Waals surface area contributed by atoms with E-state index < -0.39 is 0 Å². The van der Waals surface area contributed by atoms with E-state index in [0.29, 0.717) is 17.9 Å². The predicted octanol–water partition coefficient (Wildman–Crippen LogP) is 2.23. The monoisotopic (exact) mass is 284 g/mol. The molecule has 1 amide bonds. The van der Waals surface area contributed by atoms with Gasteiger partial charge in [-0.05, 0) is 12.1 Å². The zero-order chi connectivity index (χ0) is 13.1. The van der Waals surface area contributed by atoms with Crippen molar-refractivity contribution in [3.63, 3.8) is 0 Å². The molecule has 0 aliphatic rings. The molecule has 1 heterocycles. The fourth-order valence-electron chi connectivity index (χ4n) is 1.40. The Morgan fingerprint density at radius 1 is 1.44 bits per heavy atom. The molecule has 1 aromatic heterocycles. The van der Waals surface area contributed by atoms with Crippen molar-refractivity contribution in [1.29, 1.82) is 0 Å². The number of aromatic nitrogens is 2. The molecular weight excluding hydrogens is 275 g/mol. The van der Waals surface area contributed by atoms with Gasteiger partial charge in [-0.2, -0.15) is 0 Å². The zero-order valence-corrected chi connectivity index (χ0v) is 10.7. The molecule has 0 atom stereocenters. The van der Waals surface area contributed by atoms with Crippen LogP contribution in [0.2, 0.25) is 10.0 Å². The number of nitrogens with two attached hydrogens (primary N) is 1. The summed E-state index contributed by atoms with van der Waals surface area (Å²) in [6.07, 6.45) is 3.29. The third-order valence-electron chi connectivity index (χ3n) is 2.29. The van der Waals surface area contributed by atoms with Gasteiger partial charge >= 0.3 is 0 Å². The number of anilines is 1. The lowest BCUT2D eigenvalue weighted by Gasteiger charge is -2.06. The fraction of sp³-hybridized carbons (Fsp3) is 0.0909. The lowest BCUT2D eigenvalue weighted by Crippen LogP contribution is -2.23. The average Bonchev–Trinajstić information content (AvgIpc) is 2.85. The standard InChI is InChI=1S/C11H10Cl2N4O/c12-7-3-6(4-8(14)10(7)13)11(18)17-5-9-15-1-2-16-9/h1-4H,5,14H2,(H,15,16)(H,17,18). The van der Waals surface area contributed by atoms with Gasteiger partial charge < -0.3 is 16.0 Å². The van der Waals surface area contributed by atoms with E-state index in [1.807, 2.05) is 0 Å². The molecule has 2 aromatic rings. The maximum atomic E-state index is 11.8. The number of H-pyrrole nitrogens is 1. The molecule has 7 heteroatoms. The van der Waals surface area contributed by atoms with Crippen molar-refractivity contribution in [3.8, 4) is 0 Å². The van der Waals surface area contributed by atoms with Gasteiger partial charge in [0.2, 0.25) is 0 Å². The summed E-state index contributed by atoms with van der Waals surface area (Å²) >= 11 is 11.7. The van der Waals surface area contributed by atoms with Crippen molar-refractivity contribution in [2.75, 3.05) is 5.73 Å². The molecule has 94 valence electrons. The van der Waals surface area contributed by atoms with E-state index in [9.17, 15) is 4.79 Å². The molecule has 18 heavy (non-hydrogen) atoms. The van der Waals surface area contributed by atoms with Crippen molar-refractivity contribution in [2.45, 2.75) is 6.54 Å². The fourth-order valence-corrected chi connectivity index (χ4v) is 1.74. The van der Waals surface area contributed by atoms with Crippen LogP contribution < -0.4 is 11.1 Å². The van der Waals surface area contributed by atoms with E-state index in [0.717, 1.165) is 0 Å². The van der Waals surface area contributed by atoms with E-state index in [2.05, 4.69) is 15.3 Å². The molecule has 0 saturated carbocycles. The van der Waals surface area contributed by atoms with Gasteiger partial charge in [-0.15, -0.1) is 0 Å². The first kappa shape index (κ1) is 12.7. The maximum Gasteiger partial charge on any atom is 0.251 e. The average molecular weight is 285 g/mol. The molecule has 1 aromatic carbocycles. The van der Waals surface area contributed by atoms with Gasteiger partial charge in [-0.25, -0.2) is 4.98 Å².